The minimum Gasteiger partial charge on any atom is -0.313 e. The smallest absolute Gasteiger partial charge is 0.134 e. The molecule has 0 bridgehead atoms. The maximum Gasteiger partial charge on any atom is 0.134 e. The summed E-state index contributed by atoms with van der Waals surface area (Å²) in [6.07, 6.45) is 2.59. The molecule has 0 radical (unpaired) electrons. The molecule has 2 heteroatoms. The van der Waals surface area contributed by atoms with Crippen LogP contribution in [-0.2, 0) is 4.79 Å². The standard InChI is InChI=1S/C9H17NO/c1-7(2)6-10-8-3-4-9(11)5-8/h7-8,10H,3-6H2,1-2H3. The molecule has 0 heterocycles. The third kappa shape index (κ3) is 3.02. The van der Waals surface area contributed by atoms with E-state index in [9.17, 15) is 4.79 Å². The number of hydrogen-bond acceptors (Lipinski definition) is 2. The molecule has 1 aliphatic carbocycles. The van der Waals surface area contributed by atoms with E-state index in [2.05, 4.69) is 19.2 Å². The molecule has 1 atom stereocenters. The van der Waals surface area contributed by atoms with E-state index in [-0.39, 0.29) is 0 Å². The summed E-state index contributed by atoms with van der Waals surface area (Å²) in [4.78, 5) is 10.9. The van der Waals surface area contributed by atoms with Crippen LogP contribution in [0.15, 0.2) is 0 Å². The molecule has 0 saturated heterocycles. The number of rotatable bonds is 3. The zero-order valence-corrected chi connectivity index (χ0v) is 7.39. The maximum absolute atomic E-state index is 10.9. The highest BCUT2D eigenvalue weighted by Gasteiger charge is 2.20. The van der Waals surface area contributed by atoms with Crippen molar-refractivity contribution in [3.63, 3.8) is 0 Å². The first-order valence-corrected chi connectivity index (χ1v) is 4.43. The maximum atomic E-state index is 10.9. The summed E-state index contributed by atoms with van der Waals surface area (Å²) in [6, 6.07) is 0.477. The van der Waals surface area contributed by atoms with Crippen molar-refractivity contribution < 1.29 is 4.79 Å². The fourth-order valence-electron chi connectivity index (χ4n) is 1.39. The van der Waals surface area contributed by atoms with E-state index in [0.717, 1.165) is 25.8 Å². The second-order valence-electron chi connectivity index (χ2n) is 3.78. The predicted octanol–water partition coefficient (Wildman–Crippen LogP) is 1.35. The molecule has 2 nitrogen and oxygen atoms in total. The van der Waals surface area contributed by atoms with Crippen molar-refractivity contribution in [1.29, 1.82) is 0 Å². The first kappa shape index (κ1) is 8.72. The van der Waals surface area contributed by atoms with Gasteiger partial charge in [-0.15, -0.1) is 0 Å². The van der Waals surface area contributed by atoms with Crippen LogP contribution in [0.3, 0.4) is 0 Å². The van der Waals surface area contributed by atoms with Crippen molar-refractivity contribution in [3.8, 4) is 0 Å². The molecule has 0 aromatic rings. The highest BCUT2D eigenvalue weighted by molar-refractivity contribution is 5.81. The van der Waals surface area contributed by atoms with Gasteiger partial charge in [0.15, 0.2) is 0 Å². The van der Waals surface area contributed by atoms with Gasteiger partial charge in [0.1, 0.15) is 5.78 Å². The summed E-state index contributed by atoms with van der Waals surface area (Å²) >= 11 is 0. The van der Waals surface area contributed by atoms with Crippen LogP contribution in [0.2, 0.25) is 0 Å². The second kappa shape index (κ2) is 3.86. The summed E-state index contributed by atoms with van der Waals surface area (Å²) in [7, 11) is 0. The van der Waals surface area contributed by atoms with Crippen molar-refractivity contribution in [2.75, 3.05) is 6.54 Å². The summed E-state index contributed by atoms with van der Waals surface area (Å²) in [6.45, 7) is 5.41. The molecule has 1 aliphatic rings. The van der Waals surface area contributed by atoms with E-state index in [1.807, 2.05) is 0 Å². The van der Waals surface area contributed by atoms with Crippen molar-refractivity contribution >= 4 is 5.78 Å². The molecule has 11 heavy (non-hydrogen) atoms. The van der Waals surface area contributed by atoms with E-state index >= 15 is 0 Å². The molecule has 1 saturated carbocycles. The van der Waals surface area contributed by atoms with Crippen LogP contribution in [-0.4, -0.2) is 18.4 Å². The van der Waals surface area contributed by atoms with Crippen LogP contribution in [0.1, 0.15) is 33.1 Å². The molecular weight excluding hydrogens is 138 g/mol. The summed E-state index contributed by atoms with van der Waals surface area (Å²) in [5.74, 6) is 1.11. The Balaban J connectivity index is 2.13. The number of nitrogens with one attached hydrogen (secondary N) is 1. The zero-order chi connectivity index (χ0) is 8.27. The highest BCUT2D eigenvalue weighted by Crippen LogP contribution is 2.14. The first-order valence-electron chi connectivity index (χ1n) is 4.43. The number of Topliss-reactive ketones (excluding diaryl/α,β-unsaturated/α-hetero) is 1. The van der Waals surface area contributed by atoms with E-state index in [0.29, 0.717) is 17.7 Å². The van der Waals surface area contributed by atoms with E-state index in [4.69, 9.17) is 0 Å². The molecule has 64 valence electrons. The van der Waals surface area contributed by atoms with Crippen LogP contribution in [0.5, 0.6) is 0 Å². The lowest BCUT2D eigenvalue weighted by Crippen LogP contribution is -2.29. The SMILES string of the molecule is CC(C)CNC1CCC(=O)C1. The van der Waals surface area contributed by atoms with Gasteiger partial charge >= 0.3 is 0 Å². The van der Waals surface area contributed by atoms with Crippen LogP contribution >= 0.6 is 0 Å². The minimum absolute atomic E-state index is 0.422. The van der Waals surface area contributed by atoms with Crippen molar-refractivity contribution in [2.45, 2.75) is 39.2 Å². The molecule has 0 aromatic heterocycles. The minimum atomic E-state index is 0.422. The first-order chi connectivity index (χ1) is 5.18. The lowest BCUT2D eigenvalue weighted by molar-refractivity contribution is -0.117. The van der Waals surface area contributed by atoms with Crippen LogP contribution in [0, 0.1) is 5.92 Å². The van der Waals surface area contributed by atoms with Crippen LogP contribution in [0.25, 0.3) is 0 Å². The lowest BCUT2D eigenvalue weighted by Gasteiger charge is -2.12. The quantitative estimate of drug-likeness (QED) is 0.666. The van der Waals surface area contributed by atoms with Crippen LogP contribution in [0.4, 0.5) is 0 Å². The van der Waals surface area contributed by atoms with E-state index < -0.39 is 0 Å². The Labute approximate surface area is 68.4 Å². The van der Waals surface area contributed by atoms with Gasteiger partial charge in [-0.3, -0.25) is 4.79 Å². The molecule has 0 aromatic carbocycles. The van der Waals surface area contributed by atoms with Gasteiger partial charge in [-0.25, -0.2) is 0 Å². The van der Waals surface area contributed by atoms with Gasteiger partial charge in [-0.05, 0) is 18.9 Å². The number of carbonyl (C=O) groups is 1. The molecular formula is C9H17NO. The van der Waals surface area contributed by atoms with Gasteiger partial charge in [-0.2, -0.15) is 0 Å². The summed E-state index contributed by atoms with van der Waals surface area (Å²) in [5.41, 5.74) is 0. The third-order valence-corrected chi connectivity index (χ3v) is 2.06. The van der Waals surface area contributed by atoms with Crippen molar-refractivity contribution in [2.24, 2.45) is 5.92 Å². The Morgan fingerprint density at radius 3 is 2.82 bits per heavy atom. The van der Waals surface area contributed by atoms with Gasteiger partial charge in [0.05, 0.1) is 0 Å². The van der Waals surface area contributed by atoms with Crippen molar-refractivity contribution in [3.05, 3.63) is 0 Å². The molecule has 1 fully saturated rings. The number of carbonyl (C=O) groups excluding carboxylic acids is 1. The van der Waals surface area contributed by atoms with E-state index in [1.165, 1.54) is 0 Å². The normalized spacial score (nSPS) is 25.0. The Bertz CT molecular complexity index is 142. The zero-order valence-electron chi connectivity index (χ0n) is 7.39. The average Bonchev–Trinajstić information content (AvgIpc) is 2.31. The van der Waals surface area contributed by atoms with Crippen molar-refractivity contribution in [1.82, 2.24) is 5.32 Å². The predicted molar refractivity (Wildman–Crippen MR) is 45.5 cm³/mol. The largest absolute Gasteiger partial charge is 0.313 e. The van der Waals surface area contributed by atoms with Gasteiger partial charge in [0.25, 0.3) is 0 Å². The lowest BCUT2D eigenvalue weighted by atomic mass is 10.2. The topological polar surface area (TPSA) is 29.1 Å². The van der Waals surface area contributed by atoms with Crippen LogP contribution < -0.4 is 5.32 Å². The van der Waals surface area contributed by atoms with Gasteiger partial charge < -0.3 is 5.32 Å². The molecule has 0 aliphatic heterocycles. The number of hydrogen-bond donors (Lipinski definition) is 1. The fourth-order valence-corrected chi connectivity index (χ4v) is 1.39. The average molecular weight is 155 g/mol. The number of ketones is 1. The second-order valence-corrected chi connectivity index (χ2v) is 3.78. The molecule has 1 rings (SSSR count). The van der Waals surface area contributed by atoms with Gasteiger partial charge in [-0.1, -0.05) is 13.8 Å². The Morgan fingerprint density at radius 1 is 1.64 bits per heavy atom. The summed E-state index contributed by atoms with van der Waals surface area (Å²) in [5, 5.41) is 3.39. The third-order valence-electron chi connectivity index (χ3n) is 2.06. The van der Waals surface area contributed by atoms with Gasteiger partial charge in [0, 0.05) is 18.9 Å². The fraction of sp³-hybridized carbons (Fsp3) is 0.889. The Hall–Kier alpha value is -0.370. The monoisotopic (exact) mass is 155 g/mol. The van der Waals surface area contributed by atoms with E-state index in [1.54, 1.807) is 0 Å². The molecule has 0 spiro atoms. The Kier molecular flexibility index (Phi) is 3.06. The van der Waals surface area contributed by atoms with Gasteiger partial charge in [0.2, 0.25) is 0 Å². The highest BCUT2D eigenvalue weighted by atomic mass is 16.1. The molecule has 1 N–H and O–H groups in total. The molecule has 0 amide bonds. The summed E-state index contributed by atoms with van der Waals surface area (Å²) < 4.78 is 0. The molecule has 1 unspecified atom stereocenters. The Morgan fingerprint density at radius 2 is 2.36 bits per heavy atom.